The monoisotopic (exact) mass is 507 g/mol. The number of hydrogen-bond donors (Lipinski definition) is 1. The van der Waals surface area contributed by atoms with Crippen molar-refractivity contribution >= 4 is 34.8 Å². The van der Waals surface area contributed by atoms with Gasteiger partial charge in [0, 0.05) is 32.1 Å². The number of ether oxygens (including phenoxy) is 3. The van der Waals surface area contributed by atoms with Crippen molar-refractivity contribution in [3.05, 3.63) is 47.5 Å². The van der Waals surface area contributed by atoms with Crippen LogP contribution in [0.1, 0.15) is 40.0 Å². The molecule has 1 aliphatic carbocycles. The molecule has 0 aromatic heterocycles. The van der Waals surface area contributed by atoms with E-state index in [9.17, 15) is 19.2 Å². The average molecular weight is 508 g/mol. The van der Waals surface area contributed by atoms with E-state index in [2.05, 4.69) is 10.2 Å². The zero-order valence-corrected chi connectivity index (χ0v) is 20.7. The van der Waals surface area contributed by atoms with Gasteiger partial charge in [-0.05, 0) is 30.7 Å². The Bertz CT molecular complexity index is 1240. The largest absolute Gasteiger partial charge is 0.494 e. The minimum Gasteiger partial charge on any atom is -0.494 e. The second-order valence-electron chi connectivity index (χ2n) is 9.23. The Balaban J connectivity index is 1.32. The maximum atomic E-state index is 13.4. The second-order valence-corrected chi connectivity index (χ2v) is 9.23. The summed E-state index contributed by atoms with van der Waals surface area (Å²) in [5, 5.41) is 3.21. The molecule has 2 amide bonds. The van der Waals surface area contributed by atoms with Gasteiger partial charge in [0.2, 0.25) is 0 Å². The smallest absolute Gasteiger partial charge is 0.264 e. The number of rotatable bonds is 8. The van der Waals surface area contributed by atoms with Crippen molar-refractivity contribution in [1.82, 2.24) is 9.80 Å². The summed E-state index contributed by atoms with van der Waals surface area (Å²) in [5.41, 5.74) is 1.44. The second kappa shape index (κ2) is 10.7. The molecule has 2 fully saturated rings. The van der Waals surface area contributed by atoms with Crippen LogP contribution in [0.2, 0.25) is 0 Å². The summed E-state index contributed by atoms with van der Waals surface area (Å²) in [7, 11) is 1.54. The van der Waals surface area contributed by atoms with E-state index in [4.69, 9.17) is 14.2 Å². The van der Waals surface area contributed by atoms with Crippen LogP contribution < -0.4 is 14.8 Å². The van der Waals surface area contributed by atoms with Gasteiger partial charge >= 0.3 is 0 Å². The molecule has 2 aromatic rings. The molecule has 194 valence electrons. The van der Waals surface area contributed by atoms with Crippen molar-refractivity contribution in [3.8, 4) is 11.5 Å². The summed E-state index contributed by atoms with van der Waals surface area (Å²) in [6.07, 6.45) is 0.0843. The number of ketones is 2. The fourth-order valence-electron chi connectivity index (χ4n) is 4.95. The minimum absolute atomic E-state index is 0.159. The zero-order valence-electron chi connectivity index (χ0n) is 20.7. The zero-order chi connectivity index (χ0) is 25.9. The standard InChI is InChI=1S/C27H29N3O7/c1-35-24-16-18(37-14-11-29-9-12-36-13-10-29)6-7-20(24)28-21-4-2-3-19-25(21)27(34)30(26(19)33)22-8-5-17(31)15-23(22)32/h2-4,6-7,16,22,28H,5,8-15H2,1H3. The predicted octanol–water partition coefficient (Wildman–Crippen LogP) is 2.44. The lowest BCUT2D eigenvalue weighted by Gasteiger charge is -2.27. The molecule has 10 nitrogen and oxygen atoms in total. The van der Waals surface area contributed by atoms with E-state index in [-0.39, 0.29) is 36.2 Å². The van der Waals surface area contributed by atoms with E-state index < -0.39 is 23.6 Å². The fourth-order valence-corrected chi connectivity index (χ4v) is 4.95. The number of anilines is 2. The topological polar surface area (TPSA) is 114 Å². The highest BCUT2D eigenvalue weighted by atomic mass is 16.5. The number of hydrogen-bond acceptors (Lipinski definition) is 9. The molecule has 0 radical (unpaired) electrons. The van der Waals surface area contributed by atoms with Gasteiger partial charge in [0.05, 0.1) is 55.3 Å². The van der Waals surface area contributed by atoms with Gasteiger partial charge in [0.1, 0.15) is 23.9 Å². The number of methoxy groups -OCH3 is 1. The summed E-state index contributed by atoms with van der Waals surface area (Å²) in [4.78, 5) is 53.9. The van der Waals surface area contributed by atoms with Gasteiger partial charge in [-0.15, -0.1) is 0 Å². The van der Waals surface area contributed by atoms with Crippen molar-refractivity contribution in [2.24, 2.45) is 0 Å². The molecule has 2 aliphatic heterocycles. The molecule has 0 bridgehead atoms. The fraction of sp³-hybridized carbons (Fsp3) is 0.407. The van der Waals surface area contributed by atoms with E-state index in [1.165, 1.54) is 0 Å². The van der Waals surface area contributed by atoms with Crippen LogP contribution in [0.25, 0.3) is 0 Å². The molecular weight excluding hydrogens is 478 g/mol. The quantitative estimate of drug-likeness (QED) is 0.425. The van der Waals surface area contributed by atoms with E-state index in [0.29, 0.717) is 29.5 Å². The Hall–Kier alpha value is -3.76. The molecule has 1 saturated heterocycles. The molecule has 1 atom stereocenters. The molecule has 1 N–H and O–H groups in total. The highest BCUT2D eigenvalue weighted by Gasteiger charge is 2.45. The summed E-state index contributed by atoms with van der Waals surface area (Å²) in [6, 6.07) is 9.40. The highest BCUT2D eigenvalue weighted by Crippen LogP contribution is 2.37. The SMILES string of the molecule is COc1cc(OCCN2CCOCC2)ccc1Nc1cccc2c1C(=O)N(C1CCC(=O)CC1=O)C2=O. The Morgan fingerprint density at radius 3 is 2.59 bits per heavy atom. The first-order valence-corrected chi connectivity index (χ1v) is 12.4. The molecule has 1 saturated carbocycles. The van der Waals surface area contributed by atoms with Crippen LogP contribution in [0.3, 0.4) is 0 Å². The van der Waals surface area contributed by atoms with Gasteiger partial charge in [-0.3, -0.25) is 29.0 Å². The third kappa shape index (κ3) is 5.07. The van der Waals surface area contributed by atoms with Crippen LogP contribution in [0, 0.1) is 0 Å². The number of nitrogens with zero attached hydrogens (tertiary/aromatic N) is 2. The van der Waals surface area contributed by atoms with Crippen LogP contribution >= 0.6 is 0 Å². The van der Waals surface area contributed by atoms with E-state index in [1.807, 2.05) is 6.07 Å². The van der Waals surface area contributed by atoms with Crippen LogP contribution in [0.5, 0.6) is 11.5 Å². The maximum absolute atomic E-state index is 13.4. The van der Waals surface area contributed by atoms with Crippen molar-refractivity contribution in [2.75, 3.05) is 51.9 Å². The number of imide groups is 1. The normalized spacial score (nSPS) is 20.2. The number of morpholine rings is 1. The first kappa shape index (κ1) is 24.9. The molecule has 37 heavy (non-hydrogen) atoms. The van der Waals surface area contributed by atoms with Crippen LogP contribution in [0.15, 0.2) is 36.4 Å². The maximum Gasteiger partial charge on any atom is 0.264 e. The van der Waals surface area contributed by atoms with Crippen molar-refractivity contribution < 1.29 is 33.4 Å². The number of carbonyl (C=O) groups excluding carboxylic acids is 4. The molecular formula is C27H29N3O7. The summed E-state index contributed by atoms with van der Waals surface area (Å²) >= 11 is 0. The highest BCUT2D eigenvalue weighted by molar-refractivity contribution is 6.26. The van der Waals surface area contributed by atoms with E-state index in [0.717, 1.165) is 37.7 Å². The molecule has 0 spiro atoms. The molecule has 2 aromatic carbocycles. The third-order valence-electron chi connectivity index (χ3n) is 6.92. The van der Waals surface area contributed by atoms with Gasteiger partial charge < -0.3 is 19.5 Å². The lowest BCUT2D eigenvalue weighted by Crippen LogP contribution is -2.47. The van der Waals surface area contributed by atoms with Gasteiger partial charge in [0.25, 0.3) is 11.8 Å². The number of Topliss-reactive ketones (excluding diaryl/α,β-unsaturated/α-hetero) is 2. The lowest BCUT2D eigenvalue weighted by atomic mass is 9.92. The summed E-state index contributed by atoms with van der Waals surface area (Å²) in [5.74, 6) is -0.468. The number of fused-ring (bicyclic) bond motifs is 1. The van der Waals surface area contributed by atoms with Gasteiger partial charge in [-0.25, -0.2) is 0 Å². The molecule has 5 rings (SSSR count). The lowest BCUT2D eigenvalue weighted by molar-refractivity contribution is -0.132. The number of carbonyl (C=O) groups is 4. The minimum atomic E-state index is -0.915. The van der Waals surface area contributed by atoms with Crippen LogP contribution in [0.4, 0.5) is 11.4 Å². The van der Waals surface area contributed by atoms with E-state index in [1.54, 1.807) is 37.4 Å². The predicted molar refractivity (Wildman–Crippen MR) is 134 cm³/mol. The third-order valence-corrected chi connectivity index (χ3v) is 6.92. The van der Waals surface area contributed by atoms with Crippen molar-refractivity contribution in [3.63, 3.8) is 0 Å². The molecule has 3 aliphatic rings. The van der Waals surface area contributed by atoms with Crippen LogP contribution in [-0.2, 0) is 14.3 Å². The van der Waals surface area contributed by atoms with Gasteiger partial charge in [0.15, 0.2) is 5.78 Å². The van der Waals surface area contributed by atoms with Gasteiger partial charge in [-0.2, -0.15) is 0 Å². The molecule has 2 heterocycles. The Morgan fingerprint density at radius 2 is 1.84 bits per heavy atom. The number of amides is 2. The first-order chi connectivity index (χ1) is 18.0. The van der Waals surface area contributed by atoms with Crippen LogP contribution in [-0.4, -0.2) is 85.8 Å². The average Bonchev–Trinajstić information content (AvgIpc) is 3.16. The summed E-state index contributed by atoms with van der Waals surface area (Å²) in [6.45, 7) is 4.58. The van der Waals surface area contributed by atoms with Gasteiger partial charge in [-0.1, -0.05) is 6.07 Å². The Morgan fingerprint density at radius 1 is 1.03 bits per heavy atom. The first-order valence-electron chi connectivity index (χ1n) is 12.4. The summed E-state index contributed by atoms with van der Waals surface area (Å²) < 4.78 is 16.8. The Labute approximate surface area is 214 Å². The number of benzene rings is 2. The van der Waals surface area contributed by atoms with Crippen molar-refractivity contribution in [2.45, 2.75) is 25.3 Å². The molecule has 1 unspecified atom stereocenters. The van der Waals surface area contributed by atoms with E-state index >= 15 is 0 Å². The Kier molecular flexibility index (Phi) is 7.20. The van der Waals surface area contributed by atoms with Crippen molar-refractivity contribution in [1.29, 1.82) is 0 Å². The number of nitrogens with one attached hydrogen (secondary N) is 1. The molecule has 10 heteroatoms.